The maximum absolute atomic E-state index is 12.3. The SMILES string of the molecule is O=C(O)[C@@H]1[C@@H](Nc2nc(-c3[nH]nc4ncccc34)nn3cccc23)[C@@H]2CCC13CC2C3. The predicted octanol–water partition coefficient (Wildman–Crippen LogP) is 2.97. The normalized spacial score (nSPS) is 31.1. The van der Waals surface area contributed by atoms with Crippen molar-refractivity contribution < 1.29 is 9.90 Å². The van der Waals surface area contributed by atoms with Crippen molar-refractivity contribution in [2.45, 2.75) is 31.7 Å². The van der Waals surface area contributed by atoms with Crippen molar-refractivity contribution in [3.8, 4) is 11.5 Å². The number of nitrogens with one attached hydrogen (secondary N) is 2. The summed E-state index contributed by atoms with van der Waals surface area (Å²) in [5.74, 6) is 1.11. The second-order valence-electron chi connectivity index (χ2n) is 9.31. The van der Waals surface area contributed by atoms with Gasteiger partial charge in [-0.05, 0) is 67.2 Å². The van der Waals surface area contributed by atoms with Crippen LogP contribution < -0.4 is 5.32 Å². The number of aromatic amines is 1. The van der Waals surface area contributed by atoms with Gasteiger partial charge in [-0.1, -0.05) is 0 Å². The van der Waals surface area contributed by atoms with E-state index in [1.165, 1.54) is 0 Å². The lowest BCUT2D eigenvalue weighted by Gasteiger charge is -2.67. The number of pyridine rings is 1. The van der Waals surface area contributed by atoms with Gasteiger partial charge < -0.3 is 10.4 Å². The lowest BCUT2D eigenvalue weighted by atomic mass is 9.38. The third-order valence-electron chi connectivity index (χ3n) is 7.91. The summed E-state index contributed by atoms with van der Waals surface area (Å²) in [7, 11) is 0. The minimum absolute atomic E-state index is 0.0394. The van der Waals surface area contributed by atoms with Crippen LogP contribution in [0.1, 0.15) is 25.7 Å². The van der Waals surface area contributed by atoms with Gasteiger partial charge in [0.25, 0.3) is 0 Å². The number of carbonyl (C=O) groups is 1. The van der Waals surface area contributed by atoms with Gasteiger partial charge in [0, 0.05) is 18.4 Å². The molecule has 4 aromatic heterocycles. The average Bonchev–Trinajstić information content (AvgIpc) is 3.40. The lowest BCUT2D eigenvalue weighted by Crippen LogP contribution is -2.67. The maximum Gasteiger partial charge on any atom is 0.309 e. The number of aliphatic carboxylic acids is 1. The van der Waals surface area contributed by atoms with E-state index in [0.717, 1.165) is 36.6 Å². The Balaban J connectivity index is 1.34. The number of H-pyrrole nitrogens is 1. The summed E-state index contributed by atoms with van der Waals surface area (Å²) >= 11 is 0. The van der Waals surface area contributed by atoms with Crippen molar-refractivity contribution in [3.05, 3.63) is 36.7 Å². The highest BCUT2D eigenvalue weighted by molar-refractivity contribution is 5.89. The van der Waals surface area contributed by atoms with Crippen LogP contribution in [0.25, 0.3) is 28.1 Å². The molecule has 3 atom stereocenters. The van der Waals surface area contributed by atoms with Crippen LogP contribution in [0.2, 0.25) is 0 Å². The first-order valence-corrected chi connectivity index (χ1v) is 10.8. The summed E-state index contributed by atoms with van der Waals surface area (Å²) in [6.45, 7) is 0. The summed E-state index contributed by atoms with van der Waals surface area (Å²) in [6.07, 6.45) is 7.83. The lowest BCUT2D eigenvalue weighted by molar-refractivity contribution is -0.189. The average molecular weight is 415 g/mol. The number of nitrogens with zero attached hydrogens (tertiary/aromatic N) is 5. The number of fused-ring (bicyclic) bond motifs is 2. The Morgan fingerprint density at radius 1 is 1.29 bits per heavy atom. The Hall–Kier alpha value is -3.49. The van der Waals surface area contributed by atoms with Crippen LogP contribution in [0.4, 0.5) is 5.82 Å². The van der Waals surface area contributed by atoms with E-state index >= 15 is 0 Å². The zero-order valence-corrected chi connectivity index (χ0v) is 16.7. The molecule has 6 aliphatic carbocycles. The fourth-order valence-corrected chi connectivity index (χ4v) is 6.62. The molecule has 1 spiro atoms. The third kappa shape index (κ3) is 2.23. The number of carboxylic acid groups (broad SMARTS) is 1. The summed E-state index contributed by atoms with van der Waals surface area (Å²) in [5, 5.41) is 26.5. The molecule has 6 aliphatic rings. The molecule has 3 bridgehead atoms. The van der Waals surface area contributed by atoms with Gasteiger partial charge in [-0.25, -0.2) is 14.5 Å². The molecular formula is C22H21N7O2. The van der Waals surface area contributed by atoms with Crippen LogP contribution in [0, 0.1) is 23.2 Å². The molecule has 6 saturated carbocycles. The molecule has 0 saturated heterocycles. The van der Waals surface area contributed by atoms with E-state index in [0.29, 0.717) is 34.8 Å². The van der Waals surface area contributed by atoms with Crippen molar-refractivity contribution in [1.82, 2.24) is 29.8 Å². The molecule has 31 heavy (non-hydrogen) atoms. The van der Waals surface area contributed by atoms with Gasteiger partial charge in [0.05, 0.1) is 11.3 Å². The van der Waals surface area contributed by atoms with Crippen molar-refractivity contribution >= 4 is 28.3 Å². The molecule has 0 radical (unpaired) electrons. The van der Waals surface area contributed by atoms with Gasteiger partial charge in [-0.2, -0.15) is 5.10 Å². The topological polar surface area (TPSA) is 121 Å². The summed E-state index contributed by atoms with van der Waals surface area (Å²) in [6, 6.07) is 7.56. The summed E-state index contributed by atoms with van der Waals surface area (Å²) in [5.41, 5.74) is 2.10. The molecule has 3 N–H and O–H groups in total. The number of rotatable bonds is 4. The van der Waals surface area contributed by atoms with E-state index in [1.807, 2.05) is 30.5 Å². The molecule has 4 aromatic rings. The van der Waals surface area contributed by atoms with E-state index in [4.69, 9.17) is 4.98 Å². The van der Waals surface area contributed by atoms with Gasteiger partial charge in [0.15, 0.2) is 11.5 Å². The molecule has 4 heterocycles. The van der Waals surface area contributed by atoms with Crippen LogP contribution in [0.15, 0.2) is 36.7 Å². The molecule has 6 fully saturated rings. The zero-order chi connectivity index (χ0) is 20.7. The first kappa shape index (κ1) is 17.2. The van der Waals surface area contributed by atoms with E-state index in [-0.39, 0.29) is 17.4 Å². The second kappa shape index (κ2) is 5.81. The third-order valence-corrected chi connectivity index (χ3v) is 7.91. The largest absolute Gasteiger partial charge is 0.481 e. The first-order chi connectivity index (χ1) is 15.1. The number of hydrogen-bond acceptors (Lipinski definition) is 6. The van der Waals surface area contributed by atoms with Crippen molar-refractivity contribution in [3.63, 3.8) is 0 Å². The van der Waals surface area contributed by atoms with Gasteiger partial charge >= 0.3 is 5.97 Å². The van der Waals surface area contributed by atoms with Crippen LogP contribution in [0.3, 0.4) is 0 Å². The smallest absolute Gasteiger partial charge is 0.309 e. The van der Waals surface area contributed by atoms with Gasteiger partial charge in [-0.15, -0.1) is 5.10 Å². The summed E-state index contributed by atoms with van der Waals surface area (Å²) in [4.78, 5) is 21.4. The van der Waals surface area contributed by atoms with E-state index < -0.39 is 5.97 Å². The van der Waals surface area contributed by atoms with Crippen molar-refractivity contribution in [2.75, 3.05) is 5.32 Å². The predicted molar refractivity (Wildman–Crippen MR) is 112 cm³/mol. The molecular weight excluding hydrogens is 394 g/mol. The number of aromatic nitrogens is 6. The molecule has 0 unspecified atom stereocenters. The quantitative estimate of drug-likeness (QED) is 0.468. The zero-order valence-electron chi connectivity index (χ0n) is 16.7. The van der Waals surface area contributed by atoms with Crippen LogP contribution in [0.5, 0.6) is 0 Å². The van der Waals surface area contributed by atoms with Crippen molar-refractivity contribution in [1.29, 1.82) is 0 Å². The number of hydrogen-bond donors (Lipinski definition) is 3. The van der Waals surface area contributed by atoms with E-state index in [2.05, 4.69) is 25.6 Å². The Bertz CT molecular complexity index is 1350. The highest BCUT2D eigenvalue weighted by Gasteiger charge is 2.67. The molecule has 0 aliphatic heterocycles. The number of carboxylic acids is 1. The second-order valence-corrected chi connectivity index (χ2v) is 9.31. The molecule has 10 rings (SSSR count). The van der Waals surface area contributed by atoms with E-state index in [1.54, 1.807) is 10.7 Å². The highest BCUT2D eigenvalue weighted by atomic mass is 16.4. The van der Waals surface area contributed by atoms with Gasteiger partial charge in [0.1, 0.15) is 11.2 Å². The number of anilines is 1. The van der Waals surface area contributed by atoms with Crippen LogP contribution in [-0.4, -0.2) is 46.9 Å². The standard InChI is InChI=1S/C22H21N7O2/c30-21(31)15-16(12-5-6-22(15)9-11(12)10-22)24-19-14-4-2-8-29(14)28-20(25-19)17-13-3-1-7-23-18(13)27-26-17/h1-4,7-8,11-12,15-16H,5-6,9-10H2,(H,30,31)(H,23,26,27)(H,24,25,28)/t11?,12-,15+,16+,22?/m1/s1. The Morgan fingerprint density at radius 3 is 3.00 bits per heavy atom. The molecule has 0 amide bonds. The Labute approximate surface area is 176 Å². The van der Waals surface area contributed by atoms with Crippen molar-refractivity contribution in [2.24, 2.45) is 23.2 Å². The monoisotopic (exact) mass is 415 g/mol. The minimum atomic E-state index is -0.688. The molecule has 9 nitrogen and oxygen atoms in total. The molecule has 9 heteroatoms. The Morgan fingerprint density at radius 2 is 2.19 bits per heavy atom. The van der Waals surface area contributed by atoms with Crippen LogP contribution in [-0.2, 0) is 4.79 Å². The fraction of sp³-hybridized carbons (Fsp3) is 0.409. The minimum Gasteiger partial charge on any atom is -0.481 e. The summed E-state index contributed by atoms with van der Waals surface area (Å²) < 4.78 is 1.78. The van der Waals surface area contributed by atoms with E-state index in [9.17, 15) is 9.90 Å². The maximum atomic E-state index is 12.3. The molecule has 0 aromatic carbocycles. The fourth-order valence-electron chi connectivity index (χ4n) is 6.62. The van der Waals surface area contributed by atoms with Crippen LogP contribution >= 0.6 is 0 Å². The Kier molecular flexibility index (Phi) is 3.22. The van der Waals surface area contributed by atoms with Gasteiger partial charge in [0.2, 0.25) is 5.82 Å². The first-order valence-electron chi connectivity index (χ1n) is 10.8. The highest BCUT2D eigenvalue weighted by Crippen LogP contribution is 2.69. The van der Waals surface area contributed by atoms with Gasteiger partial charge in [-0.3, -0.25) is 9.89 Å². The molecule has 156 valence electrons.